The highest BCUT2D eigenvalue weighted by atomic mass is 35.5. The smallest absolute Gasteiger partial charge is 0.375 e. The van der Waals surface area contributed by atoms with Gasteiger partial charge in [0.2, 0.25) is 0 Å². The van der Waals surface area contributed by atoms with Crippen molar-refractivity contribution in [2.45, 2.75) is 29.4 Å². The molecule has 0 bridgehead atoms. The monoisotopic (exact) mass is 668 g/mol. The van der Waals surface area contributed by atoms with Gasteiger partial charge in [-0.2, -0.15) is 49.9 Å². The van der Waals surface area contributed by atoms with Gasteiger partial charge in [-0.25, -0.2) is 13.1 Å². The molecule has 0 aliphatic heterocycles. The number of alkyl halides is 9. The van der Waals surface area contributed by atoms with Gasteiger partial charge in [0.25, 0.3) is 9.84 Å². The van der Waals surface area contributed by atoms with Gasteiger partial charge in [0.1, 0.15) is 11.8 Å². The third-order valence-corrected chi connectivity index (χ3v) is 7.64. The quantitative estimate of drug-likeness (QED) is 0.189. The van der Waals surface area contributed by atoms with E-state index in [-0.39, 0.29) is 13.2 Å². The average Bonchev–Trinajstić information content (AvgIpc) is 3.24. The first-order valence-electron chi connectivity index (χ1n) is 11.1. The number of anilines is 1. The lowest BCUT2D eigenvalue weighted by molar-refractivity contribution is -0.138. The van der Waals surface area contributed by atoms with Crippen LogP contribution in [0.1, 0.15) is 22.4 Å². The lowest BCUT2D eigenvalue weighted by Crippen LogP contribution is -2.30. The Morgan fingerprint density at radius 2 is 1.48 bits per heavy atom. The molecule has 7 nitrogen and oxygen atoms in total. The molecule has 0 spiro atoms. The Balaban J connectivity index is 2.03. The molecule has 0 radical (unpaired) electrons. The molecule has 19 heteroatoms. The molecule has 0 fully saturated rings. The fraction of sp³-hybridized carbons (Fsp3) is 0.304. The Morgan fingerprint density at radius 1 is 0.952 bits per heavy atom. The predicted molar refractivity (Wildman–Crippen MR) is 131 cm³/mol. The molecular weight excluding hydrogens is 654 g/mol. The van der Waals surface area contributed by atoms with Crippen molar-refractivity contribution in [2.75, 3.05) is 25.1 Å². The number of nitriles is 1. The van der Waals surface area contributed by atoms with Crippen LogP contribution in [0.4, 0.5) is 45.3 Å². The molecule has 1 heterocycles. The van der Waals surface area contributed by atoms with E-state index in [1.165, 1.54) is 6.07 Å². The number of sulfone groups is 1. The van der Waals surface area contributed by atoms with Gasteiger partial charge in [-0.3, -0.25) is 0 Å². The van der Waals surface area contributed by atoms with Crippen LogP contribution in [0, 0.1) is 11.3 Å². The molecule has 0 amide bonds. The molecule has 0 saturated carbocycles. The number of rotatable bonds is 8. The highest BCUT2D eigenvalue weighted by molar-refractivity contribution is 7.92. The molecule has 0 N–H and O–H groups in total. The second-order valence-corrected chi connectivity index (χ2v) is 11.1. The molecule has 3 rings (SSSR count). The van der Waals surface area contributed by atoms with Crippen LogP contribution in [0.3, 0.4) is 0 Å². The van der Waals surface area contributed by atoms with Crippen LogP contribution in [0.25, 0.3) is 5.69 Å². The van der Waals surface area contributed by atoms with E-state index in [0.29, 0.717) is 22.4 Å². The highest BCUT2D eigenvalue weighted by Gasteiger charge is 2.51. The first-order valence-corrected chi connectivity index (χ1v) is 13.3. The third-order valence-electron chi connectivity index (χ3n) is 5.54. The normalized spacial score (nSPS) is 12.8. The summed E-state index contributed by atoms with van der Waals surface area (Å²) in [5.41, 5.74) is -9.78. The van der Waals surface area contributed by atoms with Crippen molar-refractivity contribution in [3.05, 3.63) is 68.8 Å². The largest absolute Gasteiger partial charge is 0.502 e. The number of ether oxygens (including phenoxy) is 1. The average molecular weight is 669 g/mol. The Bertz CT molecular complexity index is 1590. The molecule has 0 saturated heterocycles. The van der Waals surface area contributed by atoms with Gasteiger partial charge < -0.3 is 9.64 Å². The van der Waals surface area contributed by atoms with Crippen molar-refractivity contribution >= 4 is 38.9 Å². The van der Waals surface area contributed by atoms with Gasteiger partial charge in [0.05, 0.1) is 34.4 Å². The zero-order chi connectivity index (χ0) is 31.8. The van der Waals surface area contributed by atoms with Gasteiger partial charge in [0, 0.05) is 13.6 Å². The van der Waals surface area contributed by atoms with Gasteiger partial charge >= 0.3 is 17.9 Å². The maximum Gasteiger partial charge on any atom is 0.502 e. The van der Waals surface area contributed by atoms with E-state index in [0.717, 1.165) is 36.2 Å². The van der Waals surface area contributed by atoms with E-state index >= 15 is 0 Å². The summed E-state index contributed by atoms with van der Waals surface area (Å²) in [6.07, 6.45) is -9.50. The van der Waals surface area contributed by atoms with Crippen LogP contribution < -0.4 is 4.90 Å². The molecule has 0 aliphatic carbocycles. The zero-order valence-corrected chi connectivity index (χ0v) is 23.0. The molecule has 228 valence electrons. The van der Waals surface area contributed by atoms with Gasteiger partial charge in [-0.1, -0.05) is 35.3 Å². The van der Waals surface area contributed by atoms with Crippen molar-refractivity contribution in [3.8, 4) is 11.8 Å². The summed E-state index contributed by atoms with van der Waals surface area (Å²) in [6.45, 7) is -1.02. The molecule has 2 aromatic carbocycles. The fourth-order valence-electron chi connectivity index (χ4n) is 3.54. The molecule has 3 aromatic rings. The van der Waals surface area contributed by atoms with Crippen LogP contribution in [-0.4, -0.2) is 43.9 Å². The van der Waals surface area contributed by atoms with Crippen molar-refractivity contribution in [1.82, 2.24) is 9.78 Å². The number of halogens is 11. The number of nitrogens with zero attached hydrogens (tertiary/aromatic N) is 4. The minimum absolute atomic E-state index is 0.251. The summed E-state index contributed by atoms with van der Waals surface area (Å²) in [5.74, 6) is -0.925. The second kappa shape index (κ2) is 11.8. The van der Waals surface area contributed by atoms with E-state index < -0.39 is 77.5 Å². The van der Waals surface area contributed by atoms with Crippen LogP contribution in [0.15, 0.2) is 41.3 Å². The molecular formula is C23H15Cl2F9N4O3S. The van der Waals surface area contributed by atoms with Crippen LogP contribution in [-0.2, 0) is 33.5 Å². The van der Waals surface area contributed by atoms with E-state index in [2.05, 4.69) is 5.10 Å². The standard InChI is InChI=1S/C23H15Cl2F9N4O3S/c1-37(6-7-41-11-12-2-4-13(5-3-12)21(26,27)28)20-19(42(39,40)23(32,33)34)17(10-35)36-38(20)18-15(24)8-14(9-16(18)25)22(29,30)31/h2-5,8-9H,6-7,11H2,1H3. The highest BCUT2D eigenvalue weighted by Crippen LogP contribution is 2.43. The topological polar surface area (TPSA) is 88.2 Å². The first-order chi connectivity index (χ1) is 19.2. The summed E-state index contributed by atoms with van der Waals surface area (Å²) < 4.78 is 149. The molecule has 1 aromatic heterocycles. The van der Waals surface area contributed by atoms with E-state index in [1.807, 2.05) is 0 Å². The molecule has 42 heavy (non-hydrogen) atoms. The predicted octanol–water partition coefficient (Wildman–Crippen LogP) is 7.03. The van der Waals surface area contributed by atoms with E-state index in [4.69, 9.17) is 27.9 Å². The summed E-state index contributed by atoms with van der Waals surface area (Å²) in [4.78, 5) is -0.765. The number of hydrogen-bond donors (Lipinski definition) is 0. The van der Waals surface area contributed by atoms with Crippen molar-refractivity contribution in [1.29, 1.82) is 5.26 Å². The minimum Gasteiger partial charge on any atom is -0.375 e. The van der Waals surface area contributed by atoms with Crippen LogP contribution in [0.2, 0.25) is 10.0 Å². The maximum atomic E-state index is 13.6. The van der Waals surface area contributed by atoms with Gasteiger partial charge in [0.15, 0.2) is 16.4 Å². The Hall–Kier alpha value is -3.20. The summed E-state index contributed by atoms with van der Waals surface area (Å²) in [7, 11) is -5.21. The molecule has 0 unspecified atom stereocenters. The van der Waals surface area contributed by atoms with Crippen LogP contribution in [0.5, 0.6) is 0 Å². The molecule has 0 aliphatic rings. The van der Waals surface area contributed by atoms with E-state index in [9.17, 15) is 53.2 Å². The summed E-state index contributed by atoms with van der Waals surface area (Å²) in [5, 5.41) is 11.4. The Labute approximate surface area is 241 Å². The Morgan fingerprint density at radius 3 is 1.93 bits per heavy atom. The summed E-state index contributed by atoms with van der Waals surface area (Å²) >= 11 is 12.0. The fourth-order valence-corrected chi connectivity index (χ4v) is 5.24. The number of benzene rings is 2. The van der Waals surface area contributed by atoms with Crippen molar-refractivity contribution in [3.63, 3.8) is 0 Å². The Kier molecular flexibility index (Phi) is 9.38. The lowest BCUT2D eigenvalue weighted by Gasteiger charge is -2.23. The zero-order valence-electron chi connectivity index (χ0n) is 20.7. The minimum atomic E-state index is -6.28. The maximum absolute atomic E-state index is 13.6. The number of hydrogen-bond acceptors (Lipinski definition) is 6. The number of aromatic nitrogens is 2. The van der Waals surface area contributed by atoms with Crippen molar-refractivity contribution in [2.24, 2.45) is 0 Å². The summed E-state index contributed by atoms with van der Waals surface area (Å²) in [6, 6.07) is 5.85. The van der Waals surface area contributed by atoms with Gasteiger partial charge in [-0.15, -0.1) is 0 Å². The second-order valence-electron chi connectivity index (χ2n) is 8.43. The van der Waals surface area contributed by atoms with Crippen molar-refractivity contribution < 1.29 is 52.7 Å². The first kappa shape index (κ1) is 33.3. The lowest BCUT2D eigenvalue weighted by atomic mass is 10.1. The molecule has 0 atom stereocenters. The third kappa shape index (κ3) is 6.88. The van der Waals surface area contributed by atoms with Gasteiger partial charge in [-0.05, 0) is 29.8 Å². The van der Waals surface area contributed by atoms with Crippen LogP contribution >= 0.6 is 23.2 Å². The number of likely N-dealkylation sites (N-methyl/N-ethyl adjacent to an activating group) is 1. The SMILES string of the molecule is CN(CCOCc1ccc(C(F)(F)F)cc1)c1c(S(=O)(=O)C(F)(F)F)c(C#N)nn1-c1c(Cl)cc(C(F)(F)F)cc1Cl. The van der Waals surface area contributed by atoms with E-state index in [1.54, 1.807) is 0 Å².